The molecule has 0 radical (unpaired) electrons. The number of anilines is 1. The molecule has 0 aliphatic carbocycles. The maximum absolute atomic E-state index is 15.0. The lowest BCUT2D eigenvalue weighted by atomic mass is 9.65. The minimum absolute atomic E-state index is 0.0744. The first-order valence-electron chi connectivity index (χ1n) is 16.8. The fraction of sp³-hybridized carbons (Fsp3) is 0.649. The number of ether oxygens (including phenoxy) is 2. The van der Waals surface area contributed by atoms with E-state index in [-0.39, 0.29) is 36.3 Å². The Kier molecular flexibility index (Phi) is 10.2. The standard InChI is InChI=1S/C37H55N3O6/c1-11-21-38(26-15-17-27(18-16-26)45-14-4)31(42)28-29-32(43)40(25(13-3)23-41)30(37(29)20-19-36(28,10)46-37)33(44)39(22-12-2)35(8,9)24-34(5,6)7/h11-12,15-18,25,28-30,41H,1-2,13-14,19-24H2,3-10H3/t25-,28-,29-,30?,36+,37?/m0/s1. The number of aliphatic hydroxyl groups excluding tert-OH is 1. The summed E-state index contributed by atoms with van der Waals surface area (Å²) in [5, 5.41) is 10.5. The molecule has 2 bridgehead atoms. The van der Waals surface area contributed by atoms with E-state index in [9.17, 15) is 14.7 Å². The molecule has 0 aromatic heterocycles. The summed E-state index contributed by atoms with van der Waals surface area (Å²) in [6.07, 6.45) is 5.54. The number of likely N-dealkylation sites (tertiary alicyclic amines) is 1. The van der Waals surface area contributed by atoms with E-state index in [1.54, 1.807) is 22.0 Å². The third-order valence-electron chi connectivity index (χ3n) is 10.1. The van der Waals surface area contributed by atoms with Crippen LogP contribution in [0.25, 0.3) is 0 Å². The molecule has 1 aromatic carbocycles. The highest BCUT2D eigenvalue weighted by Gasteiger charge is 2.79. The molecule has 2 unspecified atom stereocenters. The predicted octanol–water partition coefficient (Wildman–Crippen LogP) is 5.37. The van der Waals surface area contributed by atoms with Gasteiger partial charge in [0, 0.05) is 24.3 Å². The molecule has 4 rings (SSSR count). The van der Waals surface area contributed by atoms with Crippen LogP contribution in [0.2, 0.25) is 0 Å². The Morgan fingerprint density at radius 1 is 1.09 bits per heavy atom. The van der Waals surface area contributed by atoms with Gasteiger partial charge in [-0.3, -0.25) is 14.4 Å². The van der Waals surface area contributed by atoms with E-state index in [4.69, 9.17) is 9.47 Å². The number of aliphatic hydroxyl groups is 1. The first-order chi connectivity index (χ1) is 21.6. The quantitative estimate of drug-likeness (QED) is 0.276. The summed E-state index contributed by atoms with van der Waals surface area (Å²) < 4.78 is 12.5. The molecule has 1 N–H and O–H groups in total. The smallest absolute Gasteiger partial charge is 0.249 e. The van der Waals surface area contributed by atoms with E-state index >= 15 is 4.79 Å². The van der Waals surface area contributed by atoms with Gasteiger partial charge >= 0.3 is 0 Å². The molecule has 46 heavy (non-hydrogen) atoms. The lowest BCUT2D eigenvalue weighted by Gasteiger charge is -2.46. The van der Waals surface area contributed by atoms with Crippen LogP contribution in [0.3, 0.4) is 0 Å². The summed E-state index contributed by atoms with van der Waals surface area (Å²) in [7, 11) is 0. The van der Waals surface area contributed by atoms with Gasteiger partial charge in [-0.1, -0.05) is 39.8 Å². The largest absolute Gasteiger partial charge is 0.494 e. The molecule has 3 aliphatic rings. The van der Waals surface area contributed by atoms with Crippen molar-refractivity contribution in [2.75, 3.05) is 31.2 Å². The third-order valence-corrected chi connectivity index (χ3v) is 10.1. The van der Waals surface area contributed by atoms with Gasteiger partial charge in [0.05, 0.1) is 36.7 Å². The summed E-state index contributed by atoms with van der Waals surface area (Å²) in [5.74, 6) is -1.79. The number of benzene rings is 1. The Labute approximate surface area is 275 Å². The number of rotatable bonds is 14. The minimum atomic E-state index is -1.21. The van der Waals surface area contributed by atoms with Crippen molar-refractivity contribution in [3.05, 3.63) is 49.6 Å². The van der Waals surface area contributed by atoms with Crippen LogP contribution in [0, 0.1) is 17.3 Å². The average molecular weight is 638 g/mol. The maximum atomic E-state index is 15.0. The van der Waals surface area contributed by atoms with Crippen LogP contribution in [0.1, 0.15) is 81.1 Å². The van der Waals surface area contributed by atoms with Gasteiger partial charge in [-0.05, 0) is 83.1 Å². The molecule has 1 spiro atoms. The van der Waals surface area contributed by atoms with Crippen LogP contribution >= 0.6 is 0 Å². The summed E-state index contributed by atoms with van der Waals surface area (Å²) in [5.41, 5.74) is -2.14. The average Bonchev–Trinajstić information content (AvgIpc) is 3.55. The van der Waals surface area contributed by atoms with Crippen LogP contribution in [0.15, 0.2) is 49.6 Å². The van der Waals surface area contributed by atoms with Gasteiger partial charge in [0.2, 0.25) is 17.7 Å². The number of carbonyl (C=O) groups is 3. The normalized spacial score (nSPS) is 27.7. The SMILES string of the molecule is C=CCN(C(=O)[C@@H]1[C@H]2C(=O)N([C@@H](CC)CO)C(C(=O)N(CC=C)C(C)(C)CC(C)(C)C)C23CC[C@@]1(C)O3)c1ccc(OCC)cc1. The van der Waals surface area contributed by atoms with Crippen LogP contribution in [0.5, 0.6) is 5.75 Å². The Balaban J connectivity index is 1.82. The molecule has 1 aromatic rings. The molecule has 3 fully saturated rings. The highest BCUT2D eigenvalue weighted by atomic mass is 16.5. The zero-order valence-electron chi connectivity index (χ0n) is 29.2. The van der Waals surface area contributed by atoms with Gasteiger partial charge in [-0.15, -0.1) is 13.2 Å². The number of amides is 3. The molecule has 9 heteroatoms. The number of nitrogens with zero attached hydrogens (tertiary/aromatic N) is 3. The van der Waals surface area contributed by atoms with Crippen LogP contribution in [-0.4, -0.2) is 87.8 Å². The predicted molar refractivity (Wildman–Crippen MR) is 180 cm³/mol. The van der Waals surface area contributed by atoms with Crippen LogP contribution in [0.4, 0.5) is 5.69 Å². The second-order valence-corrected chi connectivity index (χ2v) is 15.2. The maximum Gasteiger partial charge on any atom is 0.249 e. The number of fused-ring (bicyclic) bond motifs is 1. The number of hydrogen-bond acceptors (Lipinski definition) is 6. The number of hydrogen-bond donors (Lipinski definition) is 1. The Morgan fingerprint density at radius 3 is 2.24 bits per heavy atom. The lowest BCUT2D eigenvalue weighted by Crippen LogP contribution is -2.62. The van der Waals surface area contributed by atoms with Crippen molar-refractivity contribution in [1.29, 1.82) is 0 Å². The van der Waals surface area contributed by atoms with Crippen molar-refractivity contribution >= 4 is 23.4 Å². The zero-order valence-corrected chi connectivity index (χ0v) is 29.2. The Bertz CT molecular complexity index is 1320. The van der Waals surface area contributed by atoms with Crippen molar-refractivity contribution < 1.29 is 29.0 Å². The van der Waals surface area contributed by atoms with Crippen molar-refractivity contribution in [2.45, 2.75) is 110 Å². The molecule has 3 saturated heterocycles. The van der Waals surface area contributed by atoms with E-state index in [2.05, 4.69) is 33.9 Å². The monoisotopic (exact) mass is 637 g/mol. The molecule has 3 aliphatic heterocycles. The van der Waals surface area contributed by atoms with Crippen molar-refractivity contribution in [1.82, 2.24) is 9.80 Å². The van der Waals surface area contributed by atoms with Gasteiger partial charge in [-0.2, -0.15) is 0 Å². The van der Waals surface area contributed by atoms with Gasteiger partial charge in [0.1, 0.15) is 17.4 Å². The van der Waals surface area contributed by atoms with E-state index < -0.39 is 40.7 Å². The molecule has 9 nitrogen and oxygen atoms in total. The first-order valence-corrected chi connectivity index (χ1v) is 16.8. The van der Waals surface area contributed by atoms with Gasteiger partial charge < -0.3 is 29.3 Å². The summed E-state index contributed by atoms with van der Waals surface area (Å²) >= 11 is 0. The molecular weight excluding hydrogens is 582 g/mol. The highest BCUT2D eigenvalue weighted by Crippen LogP contribution is 2.64. The second-order valence-electron chi connectivity index (χ2n) is 15.2. The molecule has 0 saturated carbocycles. The summed E-state index contributed by atoms with van der Waals surface area (Å²) in [4.78, 5) is 49.5. The molecule has 254 valence electrons. The van der Waals surface area contributed by atoms with E-state index in [0.717, 1.165) is 0 Å². The van der Waals surface area contributed by atoms with Gasteiger partial charge in [0.15, 0.2) is 0 Å². The topological polar surface area (TPSA) is 99.6 Å². The molecule has 3 amide bonds. The van der Waals surface area contributed by atoms with Crippen molar-refractivity contribution in [3.8, 4) is 5.75 Å². The summed E-state index contributed by atoms with van der Waals surface area (Å²) in [6.45, 7) is 24.8. The van der Waals surface area contributed by atoms with E-state index in [0.29, 0.717) is 50.3 Å². The van der Waals surface area contributed by atoms with Crippen LogP contribution < -0.4 is 9.64 Å². The molecule has 3 heterocycles. The van der Waals surface area contributed by atoms with Gasteiger partial charge in [0.25, 0.3) is 0 Å². The van der Waals surface area contributed by atoms with Crippen molar-refractivity contribution in [3.63, 3.8) is 0 Å². The van der Waals surface area contributed by atoms with E-state index in [1.807, 2.05) is 63.8 Å². The lowest BCUT2D eigenvalue weighted by molar-refractivity contribution is -0.158. The fourth-order valence-corrected chi connectivity index (χ4v) is 8.64. The minimum Gasteiger partial charge on any atom is -0.494 e. The van der Waals surface area contributed by atoms with Crippen LogP contribution in [-0.2, 0) is 19.1 Å². The third kappa shape index (κ3) is 6.13. The second kappa shape index (κ2) is 13.1. The summed E-state index contributed by atoms with van der Waals surface area (Å²) in [6, 6.07) is 5.72. The Morgan fingerprint density at radius 2 is 1.72 bits per heavy atom. The zero-order chi connectivity index (χ0) is 34.2. The van der Waals surface area contributed by atoms with Crippen molar-refractivity contribution in [2.24, 2.45) is 17.3 Å². The highest BCUT2D eigenvalue weighted by molar-refractivity contribution is 6.03. The Hall–Kier alpha value is -3.17. The number of carbonyl (C=O) groups excluding carboxylic acids is 3. The molecular formula is C37H55N3O6. The first kappa shape index (κ1) is 35.7. The van der Waals surface area contributed by atoms with E-state index in [1.165, 1.54) is 0 Å². The molecule has 6 atom stereocenters. The fourth-order valence-electron chi connectivity index (χ4n) is 8.64. The van der Waals surface area contributed by atoms with Gasteiger partial charge in [-0.25, -0.2) is 0 Å².